The highest BCUT2D eigenvalue weighted by atomic mass is 35.5. The predicted octanol–water partition coefficient (Wildman–Crippen LogP) is 6.39. The van der Waals surface area contributed by atoms with Crippen molar-refractivity contribution in [2.75, 3.05) is 27.4 Å². The molecule has 6 nitrogen and oxygen atoms in total. The Bertz CT molecular complexity index is 1010. The van der Waals surface area contributed by atoms with Crippen LogP contribution >= 0.6 is 23.2 Å². The van der Waals surface area contributed by atoms with Crippen LogP contribution in [0.5, 0.6) is 11.5 Å². The number of carbonyl (C=O) groups excluding carboxylic acids is 2. The summed E-state index contributed by atoms with van der Waals surface area (Å²) in [5, 5.41) is 0.613. The summed E-state index contributed by atoms with van der Waals surface area (Å²) in [5.74, 6) is 0.0824. The van der Waals surface area contributed by atoms with E-state index in [1.807, 2.05) is 13.0 Å². The van der Waals surface area contributed by atoms with Gasteiger partial charge in [-0.1, -0.05) is 36.2 Å². The molecule has 0 aromatic heterocycles. The average molecular weight is 507 g/mol. The molecule has 34 heavy (non-hydrogen) atoms. The van der Waals surface area contributed by atoms with E-state index in [0.717, 1.165) is 24.8 Å². The van der Waals surface area contributed by atoms with Crippen molar-refractivity contribution in [1.82, 2.24) is 0 Å². The third-order valence-electron chi connectivity index (χ3n) is 5.89. The van der Waals surface area contributed by atoms with Gasteiger partial charge in [0.25, 0.3) is 0 Å². The fourth-order valence-corrected chi connectivity index (χ4v) is 4.80. The molecule has 2 aromatic rings. The minimum atomic E-state index is -0.532. The zero-order valence-corrected chi connectivity index (χ0v) is 21.0. The van der Waals surface area contributed by atoms with E-state index in [2.05, 4.69) is 0 Å². The summed E-state index contributed by atoms with van der Waals surface area (Å²) in [6.07, 6.45) is 6.47. The second-order valence-corrected chi connectivity index (χ2v) is 8.68. The van der Waals surface area contributed by atoms with Crippen LogP contribution in [0.25, 0.3) is 5.57 Å². The van der Waals surface area contributed by atoms with Gasteiger partial charge in [0, 0.05) is 6.42 Å². The Morgan fingerprint density at radius 1 is 0.941 bits per heavy atom. The molecule has 0 aliphatic carbocycles. The number of aldehydes is 2. The number of halogens is 2. The zero-order valence-electron chi connectivity index (χ0n) is 19.5. The average Bonchev–Trinajstić information content (AvgIpc) is 3.32. The van der Waals surface area contributed by atoms with Crippen LogP contribution in [0, 0.1) is 0 Å². The molecule has 0 amide bonds. The lowest BCUT2D eigenvalue weighted by atomic mass is 9.93. The molecule has 1 aliphatic heterocycles. The molecular formula is C26H28Cl2O6. The number of carbonyl (C=O) groups is 2. The molecule has 0 N–H and O–H groups in total. The molecule has 1 aliphatic rings. The van der Waals surface area contributed by atoms with Crippen LogP contribution in [0.1, 0.15) is 64.4 Å². The number of rotatable bonds is 11. The summed E-state index contributed by atoms with van der Waals surface area (Å²) in [4.78, 5) is 23.4. The Labute approximate surface area is 209 Å². The van der Waals surface area contributed by atoms with Crippen LogP contribution in [-0.2, 0) is 9.47 Å². The molecule has 0 atom stereocenters. The van der Waals surface area contributed by atoms with Crippen molar-refractivity contribution in [2.45, 2.75) is 38.4 Å². The van der Waals surface area contributed by atoms with E-state index in [4.69, 9.17) is 42.1 Å². The quantitative estimate of drug-likeness (QED) is 0.259. The molecule has 8 heteroatoms. The van der Waals surface area contributed by atoms with Gasteiger partial charge in [-0.3, -0.25) is 9.59 Å². The van der Waals surface area contributed by atoms with Gasteiger partial charge in [0.1, 0.15) is 11.5 Å². The molecule has 0 bridgehead atoms. The van der Waals surface area contributed by atoms with E-state index < -0.39 is 5.79 Å². The molecule has 2 aromatic carbocycles. The highest BCUT2D eigenvalue weighted by Crippen LogP contribution is 2.38. The van der Waals surface area contributed by atoms with Gasteiger partial charge in [-0.05, 0) is 60.2 Å². The van der Waals surface area contributed by atoms with Crippen LogP contribution in [-0.4, -0.2) is 45.8 Å². The Morgan fingerprint density at radius 2 is 1.44 bits per heavy atom. The molecule has 1 fully saturated rings. The minimum Gasteiger partial charge on any atom is -0.494 e. The zero-order chi connectivity index (χ0) is 24.7. The third kappa shape index (κ3) is 5.63. The Hall–Kier alpha value is -2.38. The van der Waals surface area contributed by atoms with Gasteiger partial charge in [-0.25, -0.2) is 0 Å². The van der Waals surface area contributed by atoms with Crippen LogP contribution in [0.15, 0.2) is 30.3 Å². The molecule has 182 valence electrons. The van der Waals surface area contributed by atoms with Gasteiger partial charge >= 0.3 is 0 Å². The largest absolute Gasteiger partial charge is 0.494 e. The lowest BCUT2D eigenvalue weighted by Gasteiger charge is -2.25. The summed E-state index contributed by atoms with van der Waals surface area (Å²) < 4.78 is 22.2. The Kier molecular flexibility index (Phi) is 9.14. The van der Waals surface area contributed by atoms with E-state index in [1.165, 1.54) is 14.2 Å². The van der Waals surface area contributed by atoms with E-state index in [-0.39, 0.29) is 0 Å². The third-order valence-corrected chi connectivity index (χ3v) is 6.45. The summed E-state index contributed by atoms with van der Waals surface area (Å²) >= 11 is 12.8. The van der Waals surface area contributed by atoms with Crippen molar-refractivity contribution in [3.63, 3.8) is 0 Å². The first-order chi connectivity index (χ1) is 16.4. The first kappa shape index (κ1) is 26.2. The number of hydrogen-bond donors (Lipinski definition) is 0. The molecule has 1 heterocycles. The second kappa shape index (κ2) is 11.8. The Morgan fingerprint density at radius 3 is 1.85 bits per heavy atom. The standard InChI is InChI=1S/C26H28Cl2O6/c1-4-26(33-9-10-34-26)8-6-5-7-21(17-11-19(15-29)24(31-2)22(27)13-17)18-12-20(16-30)25(32-3)23(28)14-18/h7,11-16H,4-6,8-10H2,1-3H3. The van der Waals surface area contributed by atoms with Crippen molar-refractivity contribution >= 4 is 41.3 Å². The van der Waals surface area contributed by atoms with Crippen LogP contribution in [0.3, 0.4) is 0 Å². The summed E-state index contributed by atoms with van der Waals surface area (Å²) in [6.45, 7) is 3.26. The normalized spacial score (nSPS) is 14.5. The summed E-state index contributed by atoms with van der Waals surface area (Å²) in [7, 11) is 2.92. The van der Waals surface area contributed by atoms with Gasteiger partial charge in [0.15, 0.2) is 18.4 Å². The number of benzene rings is 2. The van der Waals surface area contributed by atoms with Gasteiger partial charge < -0.3 is 18.9 Å². The van der Waals surface area contributed by atoms with E-state index in [0.29, 0.717) is 76.0 Å². The lowest BCUT2D eigenvalue weighted by Crippen LogP contribution is -2.28. The minimum absolute atomic E-state index is 0.306. The summed E-state index contributed by atoms with van der Waals surface area (Å²) in [6, 6.07) is 6.88. The SMILES string of the molecule is CCC1(CCCC=C(c2cc(Cl)c(OC)c(C=O)c2)c2cc(Cl)c(OC)c(C=O)c2)OCCO1. The lowest BCUT2D eigenvalue weighted by molar-refractivity contribution is -0.164. The van der Waals surface area contributed by atoms with Gasteiger partial charge in [-0.2, -0.15) is 0 Å². The highest BCUT2D eigenvalue weighted by Gasteiger charge is 2.33. The number of unbranched alkanes of at least 4 members (excludes halogenated alkanes) is 1. The van der Waals surface area contributed by atoms with Crippen molar-refractivity contribution in [2.24, 2.45) is 0 Å². The van der Waals surface area contributed by atoms with E-state index >= 15 is 0 Å². The second-order valence-electron chi connectivity index (χ2n) is 7.87. The monoisotopic (exact) mass is 506 g/mol. The maximum Gasteiger partial charge on any atom is 0.168 e. The maximum atomic E-state index is 11.7. The first-order valence-electron chi connectivity index (χ1n) is 11.1. The van der Waals surface area contributed by atoms with Crippen molar-refractivity contribution in [1.29, 1.82) is 0 Å². The van der Waals surface area contributed by atoms with Gasteiger partial charge in [0.2, 0.25) is 0 Å². The molecular weight excluding hydrogens is 479 g/mol. The van der Waals surface area contributed by atoms with E-state index in [9.17, 15) is 9.59 Å². The van der Waals surface area contributed by atoms with Crippen molar-refractivity contribution < 1.29 is 28.5 Å². The van der Waals surface area contributed by atoms with E-state index in [1.54, 1.807) is 24.3 Å². The molecule has 0 saturated carbocycles. The predicted molar refractivity (Wildman–Crippen MR) is 133 cm³/mol. The summed E-state index contributed by atoms with van der Waals surface area (Å²) in [5.41, 5.74) is 2.82. The smallest absolute Gasteiger partial charge is 0.168 e. The van der Waals surface area contributed by atoms with Crippen molar-refractivity contribution in [3.05, 3.63) is 62.6 Å². The first-order valence-corrected chi connectivity index (χ1v) is 11.8. The number of ether oxygens (including phenoxy) is 4. The maximum absolute atomic E-state index is 11.7. The fraction of sp³-hybridized carbons (Fsp3) is 0.385. The van der Waals surface area contributed by atoms with Gasteiger partial charge in [0.05, 0.1) is 48.6 Å². The van der Waals surface area contributed by atoms with Crippen LogP contribution < -0.4 is 9.47 Å². The number of allylic oxidation sites excluding steroid dienone is 1. The fourth-order valence-electron chi connectivity index (χ4n) is 4.19. The van der Waals surface area contributed by atoms with Gasteiger partial charge in [-0.15, -0.1) is 0 Å². The molecule has 0 unspecified atom stereocenters. The molecule has 0 radical (unpaired) electrons. The number of methoxy groups -OCH3 is 2. The molecule has 3 rings (SSSR count). The molecule has 0 spiro atoms. The highest BCUT2D eigenvalue weighted by molar-refractivity contribution is 6.33. The van der Waals surface area contributed by atoms with Crippen molar-refractivity contribution in [3.8, 4) is 11.5 Å². The van der Waals surface area contributed by atoms with Crippen LogP contribution in [0.4, 0.5) is 0 Å². The topological polar surface area (TPSA) is 71.1 Å². The number of hydrogen-bond acceptors (Lipinski definition) is 6. The molecule has 1 saturated heterocycles. The van der Waals surface area contributed by atoms with Crippen LogP contribution in [0.2, 0.25) is 10.0 Å². The Balaban J connectivity index is 2.03.